The molecule has 0 bridgehead atoms. The van der Waals surface area contributed by atoms with Gasteiger partial charge in [-0.1, -0.05) is 85.6 Å². The van der Waals surface area contributed by atoms with Crippen molar-refractivity contribution in [2.45, 2.75) is 61.8 Å². The van der Waals surface area contributed by atoms with Crippen LogP contribution in [0.4, 0.5) is 23.2 Å². The van der Waals surface area contributed by atoms with Crippen molar-refractivity contribution < 1.29 is 35.6 Å². The topological polar surface area (TPSA) is 86.8 Å². The van der Waals surface area contributed by atoms with E-state index in [4.69, 9.17) is 0 Å². The number of anilines is 1. The fourth-order valence-corrected chi connectivity index (χ4v) is 7.24. The zero-order valence-electron chi connectivity index (χ0n) is 25.9. The highest BCUT2D eigenvalue weighted by atomic mass is 32.2. The molecule has 252 valence electrons. The first-order valence-electron chi connectivity index (χ1n) is 15.6. The van der Waals surface area contributed by atoms with Gasteiger partial charge in [0, 0.05) is 24.6 Å². The number of carbonyl (C=O) groups excluding carboxylic acids is 2. The Morgan fingerprint density at radius 1 is 0.833 bits per heavy atom. The van der Waals surface area contributed by atoms with E-state index in [-0.39, 0.29) is 22.9 Å². The number of amides is 2. The van der Waals surface area contributed by atoms with E-state index in [1.165, 1.54) is 48.5 Å². The van der Waals surface area contributed by atoms with Gasteiger partial charge in [0.2, 0.25) is 11.8 Å². The van der Waals surface area contributed by atoms with Crippen molar-refractivity contribution in [2.75, 3.05) is 10.8 Å². The number of alkyl halides is 3. The van der Waals surface area contributed by atoms with Crippen LogP contribution in [-0.2, 0) is 38.8 Å². The van der Waals surface area contributed by atoms with Crippen LogP contribution < -0.4 is 9.62 Å². The van der Waals surface area contributed by atoms with E-state index in [9.17, 15) is 31.2 Å². The summed E-state index contributed by atoms with van der Waals surface area (Å²) in [6.07, 6.45) is -1.41. The van der Waals surface area contributed by atoms with E-state index in [0.29, 0.717) is 15.9 Å². The van der Waals surface area contributed by atoms with Crippen molar-refractivity contribution in [3.05, 3.63) is 132 Å². The minimum atomic E-state index is -4.79. The molecule has 4 aromatic carbocycles. The summed E-state index contributed by atoms with van der Waals surface area (Å²) in [6, 6.07) is 23.9. The number of hydrogen-bond donors (Lipinski definition) is 1. The summed E-state index contributed by atoms with van der Waals surface area (Å²) >= 11 is 0. The number of carbonyl (C=O) groups is 2. The van der Waals surface area contributed by atoms with E-state index >= 15 is 4.39 Å². The van der Waals surface area contributed by atoms with Crippen LogP contribution >= 0.6 is 0 Å². The molecule has 1 atom stereocenters. The highest BCUT2D eigenvalue weighted by molar-refractivity contribution is 7.92. The van der Waals surface area contributed by atoms with E-state index in [1.807, 2.05) is 0 Å². The highest BCUT2D eigenvalue weighted by Gasteiger charge is 2.37. The summed E-state index contributed by atoms with van der Waals surface area (Å²) in [7, 11) is -4.61. The molecule has 1 aliphatic carbocycles. The van der Waals surface area contributed by atoms with Crippen LogP contribution in [0.1, 0.15) is 42.4 Å². The Morgan fingerprint density at radius 2 is 1.46 bits per heavy atom. The van der Waals surface area contributed by atoms with Crippen molar-refractivity contribution in [3.63, 3.8) is 0 Å². The van der Waals surface area contributed by atoms with E-state index < -0.39 is 64.2 Å². The lowest BCUT2D eigenvalue weighted by molar-refractivity contribution is -0.140. The molecule has 1 saturated carbocycles. The van der Waals surface area contributed by atoms with Crippen molar-refractivity contribution in [3.8, 4) is 0 Å². The summed E-state index contributed by atoms with van der Waals surface area (Å²) in [5.41, 5.74) is -0.735. The van der Waals surface area contributed by atoms with Gasteiger partial charge in [-0.25, -0.2) is 12.8 Å². The molecule has 0 radical (unpaired) electrons. The molecule has 0 aliphatic heterocycles. The Bertz CT molecular complexity index is 1820. The molecule has 1 aliphatic rings. The van der Waals surface area contributed by atoms with Gasteiger partial charge in [0.25, 0.3) is 10.0 Å². The van der Waals surface area contributed by atoms with Crippen molar-refractivity contribution >= 4 is 27.5 Å². The maximum atomic E-state index is 15.1. The zero-order chi connectivity index (χ0) is 34.3. The number of nitrogens with one attached hydrogen (secondary N) is 1. The Kier molecular flexibility index (Phi) is 10.8. The lowest BCUT2D eigenvalue weighted by Gasteiger charge is -2.34. The molecule has 0 heterocycles. The quantitative estimate of drug-likeness (QED) is 0.168. The maximum absolute atomic E-state index is 15.1. The zero-order valence-corrected chi connectivity index (χ0v) is 26.8. The van der Waals surface area contributed by atoms with Crippen molar-refractivity contribution in [1.29, 1.82) is 0 Å². The second kappa shape index (κ2) is 15.0. The first kappa shape index (κ1) is 34.6. The average Bonchev–Trinajstić information content (AvgIpc) is 3.59. The predicted molar refractivity (Wildman–Crippen MR) is 174 cm³/mol. The molecule has 0 spiro atoms. The summed E-state index contributed by atoms with van der Waals surface area (Å²) in [5, 5.41) is 3.02. The van der Waals surface area contributed by atoms with Gasteiger partial charge in [-0.15, -0.1) is 0 Å². The molecule has 5 rings (SSSR count). The number of benzene rings is 4. The van der Waals surface area contributed by atoms with Crippen LogP contribution in [0.25, 0.3) is 0 Å². The molecule has 0 saturated heterocycles. The SMILES string of the molecule is O=C(NC1CCCC1)C(Cc1ccccc1)N(Cc1ccccc1F)C(=O)CN(c1cccc(C(F)(F)F)c1)S(=O)(=O)c1ccccc1. The lowest BCUT2D eigenvalue weighted by Crippen LogP contribution is -2.54. The summed E-state index contributed by atoms with van der Waals surface area (Å²) in [6.45, 7) is -1.36. The van der Waals surface area contributed by atoms with Crippen LogP contribution in [0.3, 0.4) is 0 Å². The van der Waals surface area contributed by atoms with Gasteiger partial charge in [0.15, 0.2) is 0 Å². The normalized spacial score (nSPS) is 14.3. The number of hydrogen-bond acceptors (Lipinski definition) is 4. The summed E-state index contributed by atoms with van der Waals surface area (Å²) in [5.74, 6) is -2.04. The monoisotopic (exact) mass is 681 g/mol. The first-order chi connectivity index (χ1) is 22.9. The Balaban J connectivity index is 1.60. The molecule has 7 nitrogen and oxygen atoms in total. The van der Waals surface area contributed by atoms with Gasteiger partial charge < -0.3 is 10.2 Å². The van der Waals surface area contributed by atoms with E-state index in [2.05, 4.69) is 5.32 Å². The minimum Gasteiger partial charge on any atom is -0.352 e. The van der Waals surface area contributed by atoms with E-state index in [0.717, 1.165) is 42.7 Å². The van der Waals surface area contributed by atoms with Gasteiger partial charge in [0.05, 0.1) is 16.1 Å². The Hall–Kier alpha value is -4.71. The molecule has 48 heavy (non-hydrogen) atoms. The molecule has 1 fully saturated rings. The van der Waals surface area contributed by atoms with E-state index in [1.54, 1.807) is 42.5 Å². The van der Waals surface area contributed by atoms with Crippen LogP contribution in [-0.4, -0.2) is 43.8 Å². The van der Waals surface area contributed by atoms with Crippen LogP contribution in [0, 0.1) is 5.82 Å². The third-order valence-electron chi connectivity index (χ3n) is 8.34. The largest absolute Gasteiger partial charge is 0.416 e. The number of nitrogens with zero attached hydrogens (tertiary/aromatic N) is 2. The average molecular weight is 682 g/mol. The second-order valence-electron chi connectivity index (χ2n) is 11.7. The Morgan fingerprint density at radius 3 is 2.10 bits per heavy atom. The number of halogens is 4. The van der Waals surface area contributed by atoms with Crippen molar-refractivity contribution in [2.24, 2.45) is 0 Å². The fraction of sp³-hybridized carbons (Fsp3) is 0.278. The number of sulfonamides is 1. The fourth-order valence-electron chi connectivity index (χ4n) is 5.82. The second-order valence-corrected chi connectivity index (χ2v) is 13.5. The molecule has 1 unspecified atom stereocenters. The molecular weight excluding hydrogens is 646 g/mol. The number of rotatable bonds is 12. The molecule has 12 heteroatoms. The van der Waals surface area contributed by atoms with Gasteiger partial charge >= 0.3 is 6.18 Å². The molecular formula is C36H35F4N3O4S. The molecule has 0 aromatic heterocycles. The summed E-state index contributed by atoms with van der Waals surface area (Å²) in [4.78, 5) is 29.3. The van der Waals surface area contributed by atoms with Crippen LogP contribution in [0.5, 0.6) is 0 Å². The smallest absolute Gasteiger partial charge is 0.352 e. The van der Waals surface area contributed by atoms with Crippen LogP contribution in [0.15, 0.2) is 114 Å². The third-order valence-corrected chi connectivity index (χ3v) is 10.1. The highest BCUT2D eigenvalue weighted by Crippen LogP contribution is 2.33. The maximum Gasteiger partial charge on any atom is 0.416 e. The lowest BCUT2D eigenvalue weighted by atomic mass is 10.0. The Labute approximate surface area is 277 Å². The standard InChI is InChI=1S/C36H35F4N3O4S/c37-32-21-10-7-14-27(32)24-42(33(22-26-12-3-1-4-13-26)35(45)41-29-16-8-9-17-29)34(44)25-43(48(46,47)31-19-5-2-6-20-31)30-18-11-15-28(23-30)36(38,39)40/h1-7,10-15,18-21,23,29,33H,8-9,16-17,22,24-25H2,(H,41,45). The minimum absolute atomic E-state index is 0.0224. The predicted octanol–water partition coefficient (Wildman–Crippen LogP) is 6.74. The third kappa shape index (κ3) is 8.41. The molecule has 1 N–H and O–H groups in total. The molecule has 2 amide bonds. The van der Waals surface area contributed by atoms with Gasteiger partial charge in [-0.2, -0.15) is 13.2 Å². The summed E-state index contributed by atoms with van der Waals surface area (Å²) < 4.78 is 85.0. The molecule has 4 aromatic rings. The van der Waals surface area contributed by atoms with Gasteiger partial charge in [-0.3, -0.25) is 13.9 Å². The van der Waals surface area contributed by atoms with Crippen LogP contribution in [0.2, 0.25) is 0 Å². The van der Waals surface area contributed by atoms with Gasteiger partial charge in [-0.05, 0) is 54.8 Å². The first-order valence-corrected chi connectivity index (χ1v) is 17.0. The van der Waals surface area contributed by atoms with Crippen molar-refractivity contribution in [1.82, 2.24) is 10.2 Å². The van der Waals surface area contributed by atoms with Gasteiger partial charge in [0.1, 0.15) is 18.4 Å².